The molecule has 2 atom stereocenters. The fourth-order valence-corrected chi connectivity index (χ4v) is 4.75. The number of allylic oxidation sites excluding steroid dienone is 1. The normalized spacial score (nSPS) is 21.4. The lowest BCUT2D eigenvalue weighted by atomic mass is 9.89. The van der Waals surface area contributed by atoms with Crippen molar-refractivity contribution >= 4 is 11.7 Å². The number of fused-ring (bicyclic) bond motifs is 1. The minimum atomic E-state index is -0.492. The van der Waals surface area contributed by atoms with Gasteiger partial charge in [-0.05, 0) is 62.7 Å². The van der Waals surface area contributed by atoms with Crippen molar-refractivity contribution < 1.29 is 19.0 Å². The summed E-state index contributed by atoms with van der Waals surface area (Å²) in [5.74, 6) is 2.20. The Hall–Kier alpha value is -3.16. The minimum absolute atomic E-state index is 0.00490. The zero-order valence-corrected chi connectivity index (χ0v) is 19.2. The maximum absolute atomic E-state index is 13.2. The van der Waals surface area contributed by atoms with Gasteiger partial charge in [0.2, 0.25) is 5.91 Å². The average Bonchev–Trinajstić information content (AvgIpc) is 3.51. The molecule has 0 spiro atoms. The van der Waals surface area contributed by atoms with Gasteiger partial charge >= 0.3 is 0 Å². The number of rotatable bonds is 7. The number of nitrogens with zero attached hydrogens (tertiary/aromatic N) is 2. The Balaban J connectivity index is 1.33. The van der Waals surface area contributed by atoms with E-state index in [0.29, 0.717) is 5.82 Å². The highest BCUT2D eigenvalue weighted by molar-refractivity contribution is 5.99. The summed E-state index contributed by atoms with van der Waals surface area (Å²) in [6, 6.07) is 11.8. The van der Waals surface area contributed by atoms with Crippen LogP contribution >= 0.6 is 0 Å². The first kappa shape index (κ1) is 21.7. The van der Waals surface area contributed by atoms with E-state index in [9.17, 15) is 4.79 Å². The zero-order chi connectivity index (χ0) is 23.0. The number of amides is 1. The van der Waals surface area contributed by atoms with Gasteiger partial charge in [0.15, 0.2) is 6.79 Å². The zero-order valence-electron chi connectivity index (χ0n) is 19.2. The summed E-state index contributed by atoms with van der Waals surface area (Å²) < 4.78 is 16.7. The second-order valence-electron chi connectivity index (χ2n) is 8.98. The molecule has 2 fully saturated rings. The van der Waals surface area contributed by atoms with Crippen LogP contribution in [-0.2, 0) is 14.3 Å². The highest BCUT2D eigenvalue weighted by Gasteiger charge is 2.53. The summed E-state index contributed by atoms with van der Waals surface area (Å²) in [7, 11) is 5.74. The standard InChI is InChI=1S/C26H29N3O4/c1-29(2)24(19-6-4-5-7-20(19)31-3)17-8-11-23(27-15-17)28-25(30)26(12-13-26)18-9-10-21-22(14-18)33-16-32-21/h4-9,11,14-15,21,24H,10,12-13,16H2,1-3H3,(H,27,28,30). The van der Waals surface area contributed by atoms with Crippen molar-refractivity contribution in [2.75, 3.05) is 33.3 Å². The fourth-order valence-electron chi connectivity index (χ4n) is 4.75. The first-order chi connectivity index (χ1) is 16.0. The molecule has 1 saturated carbocycles. The van der Waals surface area contributed by atoms with Gasteiger partial charge in [0.05, 0.1) is 18.6 Å². The second kappa shape index (κ2) is 8.65. The van der Waals surface area contributed by atoms with Crippen LogP contribution in [0.1, 0.15) is 36.4 Å². The van der Waals surface area contributed by atoms with Crippen LogP contribution in [0, 0.1) is 5.41 Å². The summed E-state index contributed by atoms with van der Waals surface area (Å²) in [5, 5.41) is 3.03. The van der Waals surface area contributed by atoms with Crippen molar-refractivity contribution in [1.82, 2.24) is 9.88 Å². The monoisotopic (exact) mass is 447 g/mol. The molecule has 2 aromatic rings. The number of carbonyl (C=O) groups is 1. The Kier molecular flexibility index (Phi) is 5.68. The van der Waals surface area contributed by atoms with Crippen LogP contribution in [-0.4, -0.2) is 49.9 Å². The molecule has 33 heavy (non-hydrogen) atoms. The molecule has 7 nitrogen and oxygen atoms in total. The lowest BCUT2D eigenvalue weighted by Crippen LogP contribution is -2.27. The molecule has 1 aromatic heterocycles. The number of benzene rings is 1. The summed E-state index contributed by atoms with van der Waals surface area (Å²) >= 11 is 0. The average molecular weight is 448 g/mol. The third-order valence-electron chi connectivity index (χ3n) is 6.69. The number of hydrogen-bond donors (Lipinski definition) is 1. The Bertz CT molecular complexity index is 1100. The first-order valence-electron chi connectivity index (χ1n) is 11.3. The van der Waals surface area contributed by atoms with E-state index in [1.54, 1.807) is 7.11 Å². The number of carbonyl (C=O) groups excluding carboxylic acids is 1. The van der Waals surface area contributed by atoms with Crippen molar-refractivity contribution in [2.45, 2.75) is 31.4 Å². The van der Waals surface area contributed by atoms with Crippen LogP contribution in [0.15, 0.2) is 66.1 Å². The van der Waals surface area contributed by atoms with E-state index in [0.717, 1.165) is 47.5 Å². The molecular weight excluding hydrogens is 418 g/mol. The Morgan fingerprint density at radius 3 is 2.76 bits per heavy atom. The molecule has 7 heteroatoms. The summed E-state index contributed by atoms with van der Waals surface area (Å²) in [6.07, 6.45) is 8.32. The number of aromatic nitrogens is 1. The van der Waals surface area contributed by atoms with Gasteiger partial charge in [-0.2, -0.15) is 0 Å². The molecule has 2 heterocycles. The smallest absolute Gasteiger partial charge is 0.236 e. The van der Waals surface area contributed by atoms with E-state index in [4.69, 9.17) is 14.2 Å². The molecule has 1 amide bonds. The Morgan fingerprint density at radius 1 is 1.24 bits per heavy atom. The van der Waals surface area contributed by atoms with Crippen LogP contribution in [0.4, 0.5) is 5.82 Å². The SMILES string of the molecule is COc1ccccc1C(c1ccc(NC(=O)C2(C3=CCC4OCOC4=C3)CC2)nc1)N(C)C. The first-order valence-corrected chi connectivity index (χ1v) is 11.3. The predicted molar refractivity (Wildman–Crippen MR) is 125 cm³/mol. The number of anilines is 1. The van der Waals surface area contributed by atoms with Crippen molar-refractivity contribution in [3.05, 3.63) is 77.2 Å². The van der Waals surface area contributed by atoms with Gasteiger partial charge in [0.1, 0.15) is 23.4 Å². The summed E-state index contributed by atoms with van der Waals surface area (Å²) in [5.41, 5.74) is 2.62. The Labute approximate surface area is 194 Å². The van der Waals surface area contributed by atoms with E-state index < -0.39 is 5.41 Å². The molecule has 0 radical (unpaired) electrons. The number of hydrogen-bond acceptors (Lipinski definition) is 6. The van der Waals surface area contributed by atoms with Crippen LogP contribution in [0.2, 0.25) is 0 Å². The third kappa shape index (κ3) is 4.03. The number of nitrogens with one attached hydrogen (secondary N) is 1. The number of para-hydroxylation sites is 1. The van der Waals surface area contributed by atoms with Crippen LogP contribution in [0.25, 0.3) is 0 Å². The molecule has 3 aliphatic rings. The van der Waals surface area contributed by atoms with Crippen molar-refractivity contribution in [3.8, 4) is 5.75 Å². The molecule has 2 unspecified atom stereocenters. The summed E-state index contributed by atoms with van der Waals surface area (Å²) in [4.78, 5) is 19.9. The third-order valence-corrected chi connectivity index (χ3v) is 6.69. The molecule has 2 aliphatic carbocycles. The molecule has 172 valence electrons. The van der Waals surface area contributed by atoms with E-state index in [1.165, 1.54) is 0 Å². The van der Waals surface area contributed by atoms with E-state index in [2.05, 4.69) is 27.3 Å². The van der Waals surface area contributed by atoms with Crippen LogP contribution < -0.4 is 10.1 Å². The predicted octanol–water partition coefficient (Wildman–Crippen LogP) is 4.05. The van der Waals surface area contributed by atoms with Crippen LogP contribution in [0.5, 0.6) is 5.75 Å². The molecule has 1 saturated heterocycles. The summed E-state index contributed by atoms with van der Waals surface area (Å²) in [6.45, 7) is 0.288. The fraction of sp³-hybridized carbons (Fsp3) is 0.385. The van der Waals surface area contributed by atoms with Gasteiger partial charge in [0.25, 0.3) is 0 Å². The van der Waals surface area contributed by atoms with E-state index in [-0.39, 0.29) is 24.8 Å². The highest BCUT2D eigenvalue weighted by Crippen LogP contribution is 2.54. The second-order valence-corrected chi connectivity index (χ2v) is 8.98. The molecule has 1 N–H and O–H groups in total. The molecule has 1 aliphatic heterocycles. The van der Waals surface area contributed by atoms with Gasteiger partial charge in [-0.1, -0.05) is 30.3 Å². The highest BCUT2D eigenvalue weighted by atomic mass is 16.7. The molecular formula is C26H29N3O4. The quantitative estimate of drug-likeness (QED) is 0.691. The van der Waals surface area contributed by atoms with Crippen molar-refractivity contribution in [1.29, 1.82) is 0 Å². The maximum atomic E-state index is 13.2. The van der Waals surface area contributed by atoms with Crippen LogP contribution in [0.3, 0.4) is 0 Å². The van der Waals surface area contributed by atoms with Crippen molar-refractivity contribution in [3.63, 3.8) is 0 Å². The van der Waals surface area contributed by atoms with Gasteiger partial charge in [0, 0.05) is 11.8 Å². The van der Waals surface area contributed by atoms with Gasteiger partial charge in [-0.25, -0.2) is 4.98 Å². The molecule has 0 bridgehead atoms. The van der Waals surface area contributed by atoms with Gasteiger partial charge in [-0.15, -0.1) is 0 Å². The number of methoxy groups -OCH3 is 1. The number of pyridine rings is 1. The van der Waals surface area contributed by atoms with Gasteiger partial charge in [-0.3, -0.25) is 9.69 Å². The topological polar surface area (TPSA) is 72.9 Å². The largest absolute Gasteiger partial charge is 0.496 e. The van der Waals surface area contributed by atoms with E-state index in [1.807, 2.05) is 56.7 Å². The maximum Gasteiger partial charge on any atom is 0.236 e. The van der Waals surface area contributed by atoms with Gasteiger partial charge < -0.3 is 19.5 Å². The minimum Gasteiger partial charge on any atom is -0.496 e. The molecule has 1 aromatic carbocycles. The lowest BCUT2D eigenvalue weighted by molar-refractivity contribution is -0.119. The van der Waals surface area contributed by atoms with E-state index >= 15 is 0 Å². The van der Waals surface area contributed by atoms with Crippen molar-refractivity contribution in [2.24, 2.45) is 5.41 Å². The number of ether oxygens (including phenoxy) is 3. The lowest BCUT2D eigenvalue weighted by Gasteiger charge is -2.26. The Morgan fingerprint density at radius 2 is 2.06 bits per heavy atom. The molecule has 5 rings (SSSR count).